The van der Waals surface area contributed by atoms with E-state index in [1.165, 1.54) is 22.3 Å². The second kappa shape index (κ2) is 7.46. The van der Waals surface area contributed by atoms with Crippen LogP contribution in [-0.4, -0.2) is 6.61 Å². The van der Waals surface area contributed by atoms with Gasteiger partial charge in [0.05, 0.1) is 15.9 Å². The van der Waals surface area contributed by atoms with Crippen molar-refractivity contribution in [3.8, 4) is 5.75 Å². The van der Waals surface area contributed by atoms with Gasteiger partial charge in [-0.25, -0.2) is 0 Å². The predicted molar refractivity (Wildman–Crippen MR) is 96.6 cm³/mol. The molecule has 3 heteroatoms. The highest BCUT2D eigenvalue weighted by Gasteiger charge is 2.13. The van der Waals surface area contributed by atoms with Gasteiger partial charge in [0.25, 0.3) is 0 Å². The molecular formula is C18H20Br2O. The summed E-state index contributed by atoms with van der Waals surface area (Å²) in [6, 6.07) is 12.9. The van der Waals surface area contributed by atoms with Crippen molar-refractivity contribution in [1.82, 2.24) is 0 Å². The molecule has 0 aliphatic heterocycles. The zero-order valence-corrected chi connectivity index (χ0v) is 15.8. The van der Waals surface area contributed by atoms with Gasteiger partial charge in [0.15, 0.2) is 0 Å². The first kappa shape index (κ1) is 16.6. The molecule has 0 spiro atoms. The number of rotatable bonds is 5. The number of benzene rings is 2. The monoisotopic (exact) mass is 410 g/mol. The van der Waals surface area contributed by atoms with Gasteiger partial charge in [-0.2, -0.15) is 0 Å². The summed E-state index contributed by atoms with van der Waals surface area (Å²) in [5.74, 6) is 0.903. The molecular weight excluding hydrogens is 392 g/mol. The molecule has 2 rings (SSSR count). The maximum absolute atomic E-state index is 5.70. The fraction of sp³-hybridized carbons (Fsp3) is 0.333. The van der Waals surface area contributed by atoms with Crippen LogP contribution in [0.25, 0.3) is 0 Å². The molecule has 0 bridgehead atoms. The van der Waals surface area contributed by atoms with E-state index in [9.17, 15) is 0 Å². The van der Waals surface area contributed by atoms with E-state index < -0.39 is 0 Å². The summed E-state index contributed by atoms with van der Waals surface area (Å²) >= 11 is 7.41. The van der Waals surface area contributed by atoms with Crippen LogP contribution in [0.15, 0.2) is 40.9 Å². The summed E-state index contributed by atoms with van der Waals surface area (Å²) in [5, 5.41) is 0. The lowest BCUT2D eigenvalue weighted by atomic mass is 10.0. The Balaban J connectivity index is 2.26. The van der Waals surface area contributed by atoms with Gasteiger partial charge in [-0.15, -0.1) is 0 Å². The Bertz CT molecular complexity index is 602. The van der Waals surface area contributed by atoms with E-state index in [-0.39, 0.29) is 4.83 Å². The Morgan fingerprint density at radius 3 is 2.24 bits per heavy atom. The van der Waals surface area contributed by atoms with Crippen LogP contribution in [-0.2, 0) is 0 Å². The van der Waals surface area contributed by atoms with Crippen LogP contribution in [0.5, 0.6) is 5.75 Å². The third-order valence-corrected chi connectivity index (χ3v) is 4.92. The molecule has 0 heterocycles. The lowest BCUT2D eigenvalue weighted by Crippen LogP contribution is -1.98. The van der Waals surface area contributed by atoms with Crippen molar-refractivity contribution in [2.24, 2.45) is 0 Å². The molecule has 21 heavy (non-hydrogen) atoms. The molecule has 1 unspecified atom stereocenters. The van der Waals surface area contributed by atoms with E-state index in [4.69, 9.17) is 4.74 Å². The number of alkyl halides is 1. The third kappa shape index (κ3) is 4.33. The molecule has 0 aliphatic carbocycles. The van der Waals surface area contributed by atoms with Crippen LogP contribution in [0.3, 0.4) is 0 Å². The van der Waals surface area contributed by atoms with E-state index in [1.54, 1.807) is 0 Å². The summed E-state index contributed by atoms with van der Waals surface area (Å²) in [6.07, 6.45) is 1.01. The van der Waals surface area contributed by atoms with Crippen molar-refractivity contribution in [2.45, 2.75) is 32.0 Å². The molecule has 0 radical (unpaired) electrons. The Morgan fingerprint density at radius 2 is 1.67 bits per heavy atom. The van der Waals surface area contributed by atoms with Gasteiger partial charge in [-0.05, 0) is 59.5 Å². The van der Waals surface area contributed by atoms with Crippen molar-refractivity contribution in [3.63, 3.8) is 0 Å². The van der Waals surface area contributed by atoms with Crippen molar-refractivity contribution in [2.75, 3.05) is 6.61 Å². The average molecular weight is 412 g/mol. The Kier molecular flexibility index (Phi) is 5.88. The smallest absolute Gasteiger partial charge is 0.133 e. The topological polar surface area (TPSA) is 9.23 Å². The summed E-state index contributed by atoms with van der Waals surface area (Å²) in [5.41, 5.74) is 5.07. The van der Waals surface area contributed by atoms with Crippen LogP contribution in [0.1, 0.15) is 40.4 Å². The summed E-state index contributed by atoms with van der Waals surface area (Å²) in [6.45, 7) is 7.12. The SMILES string of the molecule is CCCOc1ccc(C(Br)c2cc(C)cc(C)c2)cc1Br. The molecule has 0 aliphatic rings. The highest BCUT2D eigenvalue weighted by Crippen LogP contribution is 2.36. The molecule has 2 aromatic carbocycles. The van der Waals surface area contributed by atoms with Gasteiger partial charge < -0.3 is 4.74 Å². The maximum atomic E-state index is 5.70. The van der Waals surface area contributed by atoms with Gasteiger partial charge in [-0.1, -0.05) is 58.2 Å². The number of aryl methyl sites for hydroxylation is 2. The van der Waals surface area contributed by atoms with E-state index in [0.717, 1.165) is 23.2 Å². The quantitative estimate of drug-likeness (QED) is 0.521. The molecule has 1 atom stereocenters. The summed E-state index contributed by atoms with van der Waals surface area (Å²) in [7, 11) is 0. The van der Waals surface area contributed by atoms with Gasteiger partial charge in [0.1, 0.15) is 5.75 Å². The first-order valence-electron chi connectivity index (χ1n) is 7.15. The zero-order valence-electron chi connectivity index (χ0n) is 12.6. The second-order valence-electron chi connectivity index (χ2n) is 5.32. The van der Waals surface area contributed by atoms with Crippen LogP contribution in [0.2, 0.25) is 0 Å². The highest BCUT2D eigenvalue weighted by atomic mass is 79.9. The standard InChI is InChI=1S/C18H20Br2O/c1-4-7-21-17-6-5-14(11-16(17)19)18(20)15-9-12(2)8-13(3)10-15/h5-6,8-11,18H,4,7H2,1-3H3. The molecule has 0 fully saturated rings. The molecule has 1 nitrogen and oxygen atoms in total. The largest absolute Gasteiger partial charge is 0.492 e. The first-order valence-corrected chi connectivity index (χ1v) is 8.86. The number of halogens is 2. The molecule has 2 aromatic rings. The normalized spacial score (nSPS) is 12.2. The van der Waals surface area contributed by atoms with Gasteiger partial charge in [-0.3, -0.25) is 0 Å². The van der Waals surface area contributed by atoms with E-state index in [2.05, 4.69) is 83.0 Å². The third-order valence-electron chi connectivity index (χ3n) is 3.25. The molecule has 0 saturated carbocycles. The van der Waals surface area contributed by atoms with Crippen molar-refractivity contribution >= 4 is 31.9 Å². The number of hydrogen-bond acceptors (Lipinski definition) is 1. The fourth-order valence-corrected chi connectivity index (χ4v) is 3.41. The first-order chi connectivity index (χ1) is 10.0. The molecule has 0 amide bonds. The van der Waals surface area contributed by atoms with Crippen molar-refractivity contribution < 1.29 is 4.74 Å². The Morgan fingerprint density at radius 1 is 1.00 bits per heavy atom. The molecule has 0 saturated heterocycles. The number of hydrogen-bond donors (Lipinski definition) is 0. The van der Waals surface area contributed by atoms with E-state index in [1.807, 2.05) is 6.07 Å². The van der Waals surface area contributed by atoms with Crippen LogP contribution in [0.4, 0.5) is 0 Å². The van der Waals surface area contributed by atoms with E-state index >= 15 is 0 Å². The number of ether oxygens (including phenoxy) is 1. The molecule has 0 aromatic heterocycles. The minimum Gasteiger partial charge on any atom is -0.492 e. The van der Waals surface area contributed by atoms with Crippen molar-refractivity contribution in [3.05, 3.63) is 63.1 Å². The zero-order chi connectivity index (χ0) is 15.4. The predicted octanol–water partition coefficient (Wildman–Crippen LogP) is 6.34. The summed E-state index contributed by atoms with van der Waals surface area (Å²) in [4.78, 5) is 0.188. The van der Waals surface area contributed by atoms with Gasteiger partial charge in [0.2, 0.25) is 0 Å². The lowest BCUT2D eigenvalue weighted by molar-refractivity contribution is 0.315. The average Bonchev–Trinajstić information content (AvgIpc) is 2.44. The van der Waals surface area contributed by atoms with Gasteiger partial charge >= 0.3 is 0 Å². The highest BCUT2D eigenvalue weighted by molar-refractivity contribution is 9.10. The minimum absolute atomic E-state index is 0.188. The summed E-state index contributed by atoms with van der Waals surface area (Å²) < 4.78 is 6.70. The van der Waals surface area contributed by atoms with Crippen LogP contribution < -0.4 is 4.74 Å². The van der Waals surface area contributed by atoms with Crippen LogP contribution >= 0.6 is 31.9 Å². The fourth-order valence-electron chi connectivity index (χ4n) is 2.35. The molecule has 112 valence electrons. The maximum Gasteiger partial charge on any atom is 0.133 e. The molecule has 0 N–H and O–H groups in total. The second-order valence-corrected chi connectivity index (χ2v) is 7.09. The van der Waals surface area contributed by atoms with E-state index in [0.29, 0.717) is 0 Å². The minimum atomic E-state index is 0.188. The lowest BCUT2D eigenvalue weighted by Gasteiger charge is -2.15. The van der Waals surface area contributed by atoms with Crippen LogP contribution in [0, 0.1) is 13.8 Å². The van der Waals surface area contributed by atoms with Crippen molar-refractivity contribution in [1.29, 1.82) is 0 Å². The Labute approximate surface area is 144 Å². The van der Waals surface area contributed by atoms with Gasteiger partial charge in [0, 0.05) is 0 Å². The Hall–Kier alpha value is -0.800.